The zero-order chi connectivity index (χ0) is 13.6. The highest BCUT2D eigenvalue weighted by molar-refractivity contribution is 5.64. The summed E-state index contributed by atoms with van der Waals surface area (Å²) >= 11 is 0. The van der Waals surface area contributed by atoms with Crippen LogP contribution in [0.2, 0.25) is 0 Å². The third kappa shape index (κ3) is 2.22. The number of rotatable bonds is 3. The highest BCUT2D eigenvalue weighted by Gasteiger charge is 2.40. The minimum Gasteiger partial charge on any atom is -0.382 e. The summed E-state index contributed by atoms with van der Waals surface area (Å²) < 4.78 is 2.16. The minimum atomic E-state index is 0.648. The van der Waals surface area contributed by atoms with Crippen molar-refractivity contribution in [2.45, 2.75) is 45.6 Å². The van der Waals surface area contributed by atoms with Crippen molar-refractivity contribution < 1.29 is 0 Å². The summed E-state index contributed by atoms with van der Waals surface area (Å²) in [4.78, 5) is 0. The van der Waals surface area contributed by atoms with E-state index in [0.29, 0.717) is 6.04 Å². The Balaban J connectivity index is 1.72. The Morgan fingerprint density at radius 2 is 2.16 bits per heavy atom. The first kappa shape index (κ1) is 12.8. The Bertz CT molecular complexity index is 485. The Hall–Kier alpha value is -1.18. The summed E-state index contributed by atoms with van der Waals surface area (Å²) in [6, 6.07) is 2.82. The summed E-state index contributed by atoms with van der Waals surface area (Å²) in [6.45, 7) is 8.87. The van der Waals surface area contributed by atoms with E-state index in [9.17, 15) is 0 Å². The molecular formula is C17H26N2. The van der Waals surface area contributed by atoms with Gasteiger partial charge in [-0.05, 0) is 50.0 Å². The summed E-state index contributed by atoms with van der Waals surface area (Å²) in [5, 5.41) is 3.74. The lowest BCUT2D eigenvalue weighted by Gasteiger charge is -2.47. The van der Waals surface area contributed by atoms with Gasteiger partial charge in [-0.3, -0.25) is 0 Å². The van der Waals surface area contributed by atoms with Gasteiger partial charge in [0, 0.05) is 36.2 Å². The van der Waals surface area contributed by atoms with Gasteiger partial charge >= 0.3 is 0 Å². The molecule has 2 bridgehead atoms. The Labute approximate surface area is 116 Å². The van der Waals surface area contributed by atoms with E-state index >= 15 is 0 Å². The maximum atomic E-state index is 4.28. The molecule has 3 aliphatic rings. The molecule has 4 unspecified atom stereocenters. The van der Waals surface area contributed by atoms with Crippen LogP contribution >= 0.6 is 0 Å². The molecule has 2 nitrogen and oxygen atoms in total. The van der Waals surface area contributed by atoms with Gasteiger partial charge in [0.25, 0.3) is 0 Å². The molecule has 0 radical (unpaired) electrons. The maximum Gasteiger partial charge on any atom is 0.0361 e. The normalized spacial score (nSPS) is 33.4. The lowest BCUT2D eigenvalue weighted by Crippen LogP contribution is -2.47. The van der Waals surface area contributed by atoms with Crippen LogP contribution < -0.4 is 5.32 Å². The SMILES string of the molecule is C=C(NC1CC2CCC1C(C)C2)c1ccn(C)c1C. The van der Waals surface area contributed by atoms with Crippen LogP contribution in [-0.2, 0) is 7.05 Å². The average Bonchev–Trinajstić information content (AvgIpc) is 2.70. The van der Waals surface area contributed by atoms with Gasteiger partial charge in [0.15, 0.2) is 0 Å². The predicted octanol–water partition coefficient (Wildman–Crippen LogP) is 3.72. The lowest BCUT2D eigenvalue weighted by atomic mass is 9.63. The fourth-order valence-corrected chi connectivity index (χ4v) is 4.27. The molecular weight excluding hydrogens is 232 g/mol. The van der Waals surface area contributed by atoms with Crippen LogP contribution in [0, 0.1) is 24.7 Å². The molecule has 0 aliphatic heterocycles. The van der Waals surface area contributed by atoms with Gasteiger partial charge in [0.2, 0.25) is 0 Å². The van der Waals surface area contributed by atoms with Crippen LogP contribution in [0.1, 0.15) is 43.9 Å². The standard InChI is InChI=1S/C17H26N2/c1-11-9-14-5-6-15(11)17(10-14)18-12(2)16-7-8-19(4)13(16)3/h7-8,11,14-15,17-18H,2,5-6,9-10H2,1,3-4H3. The van der Waals surface area contributed by atoms with Gasteiger partial charge in [-0.1, -0.05) is 19.9 Å². The molecule has 0 aromatic carbocycles. The van der Waals surface area contributed by atoms with E-state index in [1.165, 1.54) is 36.9 Å². The molecule has 19 heavy (non-hydrogen) atoms. The first-order valence-corrected chi connectivity index (χ1v) is 7.64. The van der Waals surface area contributed by atoms with Crippen LogP contribution in [0.3, 0.4) is 0 Å². The molecule has 0 amide bonds. The highest BCUT2D eigenvalue weighted by atomic mass is 15.0. The van der Waals surface area contributed by atoms with Crippen molar-refractivity contribution in [2.24, 2.45) is 24.8 Å². The molecule has 0 saturated heterocycles. The van der Waals surface area contributed by atoms with E-state index in [4.69, 9.17) is 0 Å². The third-order valence-electron chi connectivity index (χ3n) is 5.52. The monoisotopic (exact) mass is 258 g/mol. The van der Waals surface area contributed by atoms with Crippen LogP contribution in [0.25, 0.3) is 5.70 Å². The second kappa shape index (κ2) is 4.73. The Kier molecular flexibility index (Phi) is 3.20. The van der Waals surface area contributed by atoms with Gasteiger partial charge in [-0.15, -0.1) is 0 Å². The van der Waals surface area contributed by atoms with Gasteiger partial charge < -0.3 is 9.88 Å². The Morgan fingerprint density at radius 3 is 2.74 bits per heavy atom. The minimum absolute atomic E-state index is 0.648. The van der Waals surface area contributed by atoms with Crippen LogP contribution in [0.4, 0.5) is 0 Å². The van der Waals surface area contributed by atoms with Gasteiger partial charge in [0.05, 0.1) is 0 Å². The second-order valence-electron chi connectivity index (χ2n) is 6.71. The molecule has 1 N–H and O–H groups in total. The molecule has 4 rings (SSSR count). The number of hydrogen-bond donors (Lipinski definition) is 1. The van der Waals surface area contributed by atoms with Crippen LogP contribution in [0.15, 0.2) is 18.8 Å². The zero-order valence-electron chi connectivity index (χ0n) is 12.4. The topological polar surface area (TPSA) is 17.0 Å². The third-order valence-corrected chi connectivity index (χ3v) is 5.52. The van der Waals surface area contributed by atoms with Crippen molar-refractivity contribution in [3.05, 3.63) is 30.1 Å². The number of aryl methyl sites for hydroxylation is 1. The van der Waals surface area contributed by atoms with Crippen molar-refractivity contribution in [3.63, 3.8) is 0 Å². The highest BCUT2D eigenvalue weighted by Crippen LogP contribution is 2.45. The first-order chi connectivity index (χ1) is 9.06. The molecule has 4 atom stereocenters. The molecule has 1 aromatic heterocycles. The number of aromatic nitrogens is 1. The number of hydrogen-bond acceptors (Lipinski definition) is 1. The van der Waals surface area contributed by atoms with Crippen molar-refractivity contribution in [2.75, 3.05) is 0 Å². The quantitative estimate of drug-likeness (QED) is 0.874. The number of nitrogens with zero attached hydrogens (tertiary/aromatic N) is 1. The molecule has 2 heteroatoms. The van der Waals surface area contributed by atoms with Crippen LogP contribution in [0.5, 0.6) is 0 Å². The lowest BCUT2D eigenvalue weighted by molar-refractivity contribution is 0.0771. The first-order valence-electron chi connectivity index (χ1n) is 7.64. The second-order valence-corrected chi connectivity index (χ2v) is 6.71. The molecule has 104 valence electrons. The molecule has 0 spiro atoms. The van der Waals surface area contributed by atoms with E-state index in [1.54, 1.807) is 0 Å². The van der Waals surface area contributed by atoms with E-state index in [0.717, 1.165) is 23.5 Å². The molecule has 3 saturated carbocycles. The summed E-state index contributed by atoms with van der Waals surface area (Å²) in [5.74, 6) is 2.68. The van der Waals surface area contributed by atoms with E-state index in [1.807, 2.05) is 0 Å². The smallest absolute Gasteiger partial charge is 0.0361 e. The fourth-order valence-electron chi connectivity index (χ4n) is 4.27. The van der Waals surface area contributed by atoms with Crippen LogP contribution in [-0.4, -0.2) is 10.6 Å². The van der Waals surface area contributed by atoms with Crippen molar-refractivity contribution in [1.82, 2.24) is 9.88 Å². The predicted molar refractivity (Wildman–Crippen MR) is 80.7 cm³/mol. The molecule has 1 heterocycles. The average molecular weight is 258 g/mol. The van der Waals surface area contributed by atoms with Gasteiger partial charge in [-0.2, -0.15) is 0 Å². The van der Waals surface area contributed by atoms with E-state index < -0.39 is 0 Å². The summed E-state index contributed by atoms with van der Waals surface area (Å²) in [7, 11) is 2.09. The Morgan fingerprint density at radius 1 is 1.37 bits per heavy atom. The molecule has 1 aromatic rings. The largest absolute Gasteiger partial charge is 0.382 e. The number of nitrogens with one attached hydrogen (secondary N) is 1. The zero-order valence-corrected chi connectivity index (χ0v) is 12.4. The van der Waals surface area contributed by atoms with E-state index in [-0.39, 0.29) is 0 Å². The molecule has 3 fully saturated rings. The summed E-state index contributed by atoms with van der Waals surface area (Å²) in [5.41, 5.74) is 3.69. The van der Waals surface area contributed by atoms with Gasteiger partial charge in [0.1, 0.15) is 0 Å². The fraction of sp³-hybridized carbons (Fsp3) is 0.647. The number of fused-ring (bicyclic) bond motifs is 3. The van der Waals surface area contributed by atoms with E-state index in [2.05, 4.69) is 49.6 Å². The molecule has 3 aliphatic carbocycles. The maximum absolute atomic E-state index is 4.28. The van der Waals surface area contributed by atoms with Gasteiger partial charge in [-0.25, -0.2) is 0 Å². The van der Waals surface area contributed by atoms with Crippen molar-refractivity contribution in [1.29, 1.82) is 0 Å². The van der Waals surface area contributed by atoms with Crippen molar-refractivity contribution in [3.8, 4) is 0 Å². The summed E-state index contributed by atoms with van der Waals surface area (Å²) in [6.07, 6.45) is 7.77. The van der Waals surface area contributed by atoms with Crippen molar-refractivity contribution >= 4 is 5.70 Å².